The largest absolute Gasteiger partial charge is 0.508 e. The van der Waals surface area contributed by atoms with Gasteiger partial charge in [0.15, 0.2) is 5.13 Å². The third kappa shape index (κ3) is 16.4. The first-order valence-corrected chi connectivity index (χ1v) is 22.5. The average Bonchev–Trinajstić information content (AvgIpc) is 3.96. The lowest BCUT2D eigenvalue weighted by Gasteiger charge is -2.25. The zero-order valence-corrected chi connectivity index (χ0v) is 37.4. The van der Waals surface area contributed by atoms with Gasteiger partial charge in [0, 0.05) is 48.1 Å². The van der Waals surface area contributed by atoms with Crippen LogP contribution in [0.1, 0.15) is 93.6 Å². The number of aromatic nitrogens is 1. The van der Waals surface area contributed by atoms with Crippen LogP contribution in [0.15, 0.2) is 83.6 Å². The van der Waals surface area contributed by atoms with Crippen molar-refractivity contribution in [1.29, 1.82) is 0 Å². The molecular formula is C46H57N9O9S. The Bertz CT molecular complexity index is 2230. The first kappa shape index (κ1) is 49.3. The van der Waals surface area contributed by atoms with E-state index in [2.05, 4.69) is 31.2 Å². The smallest absolute Gasteiger partial charge is 0.429 e. The van der Waals surface area contributed by atoms with Crippen LogP contribution in [0, 0.1) is 5.92 Å². The maximum absolute atomic E-state index is 13.4. The van der Waals surface area contributed by atoms with E-state index >= 15 is 0 Å². The molecular weight excluding hydrogens is 855 g/mol. The van der Waals surface area contributed by atoms with Gasteiger partial charge in [-0.3, -0.25) is 38.7 Å². The van der Waals surface area contributed by atoms with E-state index in [0.717, 1.165) is 17.7 Å². The Morgan fingerprint density at radius 3 is 2.29 bits per heavy atom. The molecule has 2 heterocycles. The van der Waals surface area contributed by atoms with Gasteiger partial charge in [-0.05, 0) is 104 Å². The van der Waals surface area contributed by atoms with E-state index in [1.807, 2.05) is 6.20 Å². The van der Waals surface area contributed by atoms with Crippen LogP contribution < -0.4 is 32.7 Å². The van der Waals surface area contributed by atoms with Crippen molar-refractivity contribution in [3.8, 4) is 0 Å². The third-order valence-corrected chi connectivity index (χ3v) is 11.4. The van der Waals surface area contributed by atoms with Crippen molar-refractivity contribution in [2.75, 3.05) is 23.7 Å². The molecule has 2 atom stereocenters. The second-order valence-electron chi connectivity index (χ2n) is 16.0. The zero-order valence-electron chi connectivity index (χ0n) is 36.6. The van der Waals surface area contributed by atoms with E-state index in [4.69, 9.17) is 20.9 Å². The van der Waals surface area contributed by atoms with Gasteiger partial charge in [0.2, 0.25) is 23.6 Å². The first-order valence-electron chi connectivity index (χ1n) is 21.6. The number of hydrogen-bond acceptors (Lipinski definition) is 14. The fourth-order valence-electron chi connectivity index (χ4n) is 6.54. The van der Waals surface area contributed by atoms with Crippen LogP contribution in [-0.4, -0.2) is 82.9 Å². The molecule has 18 nitrogen and oxygen atoms in total. The van der Waals surface area contributed by atoms with Gasteiger partial charge in [-0.15, -0.1) is 11.3 Å². The van der Waals surface area contributed by atoms with E-state index in [9.17, 15) is 33.6 Å². The summed E-state index contributed by atoms with van der Waals surface area (Å²) in [6.45, 7) is 3.97. The summed E-state index contributed by atoms with van der Waals surface area (Å²) in [6.07, 6.45) is 11.1. The summed E-state index contributed by atoms with van der Waals surface area (Å²) in [7, 11) is 0. The summed E-state index contributed by atoms with van der Waals surface area (Å²) < 4.78 is 10.6. The van der Waals surface area contributed by atoms with Crippen molar-refractivity contribution >= 4 is 75.7 Å². The Labute approximate surface area is 381 Å². The average molecular weight is 912 g/mol. The third-order valence-electron chi connectivity index (χ3n) is 10.3. The van der Waals surface area contributed by atoms with Crippen molar-refractivity contribution in [3.63, 3.8) is 0 Å². The zero-order chi connectivity index (χ0) is 46.7. The highest BCUT2D eigenvalue weighted by molar-refractivity contribution is 7.15. The van der Waals surface area contributed by atoms with Gasteiger partial charge in [0.05, 0.1) is 12.1 Å². The normalized spacial score (nSPS) is 14.6. The van der Waals surface area contributed by atoms with Crippen molar-refractivity contribution in [3.05, 3.63) is 94.7 Å². The van der Waals surface area contributed by atoms with Crippen LogP contribution >= 0.6 is 11.3 Å². The molecule has 0 radical (unpaired) electrons. The maximum Gasteiger partial charge on any atom is 0.508 e. The van der Waals surface area contributed by atoms with Crippen molar-refractivity contribution in [2.24, 2.45) is 22.4 Å². The lowest BCUT2D eigenvalue weighted by atomic mass is 10.0. The topological polar surface area (TPSA) is 267 Å². The summed E-state index contributed by atoms with van der Waals surface area (Å²) in [5.41, 5.74) is 14.3. The second-order valence-corrected chi connectivity index (χ2v) is 17.1. The number of thiazole rings is 1. The van der Waals surface area contributed by atoms with Crippen LogP contribution in [-0.2, 0) is 51.5 Å². The molecule has 65 heavy (non-hydrogen) atoms. The van der Waals surface area contributed by atoms with E-state index in [0.29, 0.717) is 71.4 Å². The van der Waals surface area contributed by atoms with Gasteiger partial charge < -0.3 is 42.2 Å². The summed E-state index contributed by atoms with van der Waals surface area (Å²) in [5.74, 6) is -1.97. The van der Waals surface area contributed by atoms with Crippen LogP contribution in [0.25, 0.3) is 0 Å². The van der Waals surface area contributed by atoms with Gasteiger partial charge in [0.25, 0.3) is 11.8 Å². The van der Waals surface area contributed by atoms with Gasteiger partial charge in [-0.25, -0.2) is 9.78 Å². The SMILES string of the molecule is CC(C)[C@H](NC(=O)CCCCCN1C(=O)C=CC1=O)C(=O)N[C@@H](CCCN)C(=O)Nc1ccc(COC(=O)OCc2cccc(N=C/C(=C\N)CC(=O)Nc3ncc(C4CC4)s3)c2)cc1. The summed E-state index contributed by atoms with van der Waals surface area (Å²) in [5, 5.41) is 11.7. The molecule has 0 saturated heterocycles. The number of aliphatic imine (C=N–C) groups is 1. The Morgan fingerprint density at radius 2 is 1.62 bits per heavy atom. The summed E-state index contributed by atoms with van der Waals surface area (Å²) >= 11 is 1.48. The number of hydrogen-bond donors (Lipinski definition) is 6. The highest BCUT2D eigenvalue weighted by atomic mass is 32.1. The lowest BCUT2D eigenvalue weighted by Crippen LogP contribution is -2.54. The number of carbonyl (C=O) groups excluding carboxylic acids is 7. The van der Waals surface area contributed by atoms with E-state index < -0.39 is 30.1 Å². The Morgan fingerprint density at radius 1 is 0.892 bits per heavy atom. The molecule has 2 aliphatic rings. The highest BCUT2D eigenvalue weighted by Crippen LogP contribution is 2.43. The first-order chi connectivity index (χ1) is 31.3. The predicted molar refractivity (Wildman–Crippen MR) is 246 cm³/mol. The lowest BCUT2D eigenvalue weighted by molar-refractivity contribution is -0.137. The molecule has 0 unspecified atom stereocenters. The number of amides is 6. The minimum Gasteiger partial charge on any atom is -0.429 e. The molecule has 3 aromatic rings. The van der Waals surface area contributed by atoms with Gasteiger partial charge in [-0.1, -0.05) is 44.5 Å². The molecule has 19 heteroatoms. The fraction of sp³-hybridized carbons (Fsp3) is 0.413. The van der Waals surface area contributed by atoms with E-state index in [1.54, 1.807) is 62.4 Å². The number of ether oxygens (including phenoxy) is 2. The number of rotatable bonds is 25. The number of anilines is 2. The van der Waals surface area contributed by atoms with E-state index in [-0.39, 0.29) is 68.6 Å². The molecule has 1 fully saturated rings. The van der Waals surface area contributed by atoms with Crippen LogP contribution in [0.3, 0.4) is 0 Å². The molecule has 5 rings (SSSR count). The van der Waals surface area contributed by atoms with Gasteiger partial charge in [0.1, 0.15) is 25.3 Å². The predicted octanol–water partition coefficient (Wildman–Crippen LogP) is 5.24. The van der Waals surface area contributed by atoms with Gasteiger partial charge >= 0.3 is 6.16 Å². The maximum atomic E-state index is 13.4. The Balaban J connectivity index is 1.02. The Kier molecular flexibility index (Phi) is 18.9. The molecule has 1 aromatic heterocycles. The molecule has 1 aliphatic heterocycles. The number of nitrogens with two attached hydrogens (primary N) is 2. The molecule has 0 bridgehead atoms. The summed E-state index contributed by atoms with van der Waals surface area (Å²) in [4.78, 5) is 99.1. The number of benzene rings is 2. The molecule has 346 valence electrons. The summed E-state index contributed by atoms with van der Waals surface area (Å²) in [6, 6.07) is 11.8. The number of nitrogens with one attached hydrogen (secondary N) is 4. The van der Waals surface area contributed by atoms with Crippen LogP contribution in [0.4, 0.5) is 21.3 Å². The second kappa shape index (κ2) is 24.9. The van der Waals surface area contributed by atoms with Crippen molar-refractivity contribution in [2.45, 2.75) is 103 Å². The standard InChI is InChI=1S/C46H57N9O9S/c1-29(2)42(53-38(56)11-4-3-5-21-55-40(58)18-19-41(55)59)44(61)52-36(10-7-20-47)43(60)51-34-16-12-30(13-17-34)27-63-46(62)64-28-31-8-6-9-35(22-31)49-25-32(24-48)23-39(57)54-45-50-26-37(65-45)33-14-15-33/h6,8-9,12-13,16-19,22,24-26,29,33,36,42H,3-5,7,10-11,14-15,20-21,23,27-28,47-48H2,1-2H3,(H,51,60)(H,52,61)(H,53,56)(H,50,54,57)/b32-24-,49-25?/t36-,42-/m0/s1. The monoisotopic (exact) mass is 911 g/mol. The minimum atomic E-state index is -0.937. The number of carbonyl (C=O) groups is 7. The van der Waals surface area contributed by atoms with E-state index in [1.165, 1.54) is 40.8 Å². The van der Waals surface area contributed by atoms with Crippen molar-refractivity contribution in [1.82, 2.24) is 20.5 Å². The molecule has 1 saturated carbocycles. The number of imide groups is 1. The molecule has 2 aromatic carbocycles. The molecule has 6 amide bonds. The molecule has 8 N–H and O–H groups in total. The molecule has 1 aliphatic carbocycles. The number of nitrogens with zero attached hydrogens (tertiary/aromatic N) is 3. The molecule has 0 spiro atoms. The van der Waals surface area contributed by atoms with Gasteiger partial charge in [-0.2, -0.15) is 0 Å². The minimum absolute atomic E-state index is 0.0167. The van der Waals surface area contributed by atoms with Crippen LogP contribution in [0.5, 0.6) is 0 Å². The van der Waals surface area contributed by atoms with Crippen molar-refractivity contribution < 1.29 is 43.0 Å². The quantitative estimate of drug-likeness (QED) is 0.0276. The number of unbranched alkanes of at least 4 members (excludes halogenated alkanes) is 2. The highest BCUT2D eigenvalue weighted by Gasteiger charge is 2.29. The Hall–Kier alpha value is -6.73. The fourth-order valence-corrected chi connectivity index (χ4v) is 7.54. The van der Waals surface area contributed by atoms with Crippen LogP contribution in [0.2, 0.25) is 0 Å².